The van der Waals surface area contributed by atoms with E-state index in [1.807, 2.05) is 6.92 Å². The normalized spacial score (nSPS) is 23.8. The SMILES string of the molecule is CCOC(=O)C1(N2CCCCC2=O)CCNCC1. The first-order valence-electron chi connectivity index (χ1n) is 6.89. The minimum absolute atomic E-state index is 0.108. The van der Waals surface area contributed by atoms with E-state index in [9.17, 15) is 9.59 Å². The summed E-state index contributed by atoms with van der Waals surface area (Å²) in [5.74, 6) is -0.113. The van der Waals surface area contributed by atoms with Crippen LogP contribution < -0.4 is 5.32 Å². The lowest BCUT2D eigenvalue weighted by Crippen LogP contribution is -2.62. The van der Waals surface area contributed by atoms with Crippen molar-refractivity contribution in [3.63, 3.8) is 0 Å². The van der Waals surface area contributed by atoms with Crippen LogP contribution in [0.2, 0.25) is 0 Å². The molecule has 0 aromatic carbocycles. The zero-order chi connectivity index (χ0) is 13.0. The largest absolute Gasteiger partial charge is 0.464 e. The fourth-order valence-electron chi connectivity index (χ4n) is 2.95. The predicted molar refractivity (Wildman–Crippen MR) is 67.0 cm³/mol. The van der Waals surface area contributed by atoms with Gasteiger partial charge >= 0.3 is 5.97 Å². The lowest BCUT2D eigenvalue weighted by atomic mass is 9.84. The van der Waals surface area contributed by atoms with Gasteiger partial charge in [-0.05, 0) is 45.7 Å². The molecule has 2 heterocycles. The number of amides is 1. The van der Waals surface area contributed by atoms with Crippen LogP contribution >= 0.6 is 0 Å². The molecule has 2 aliphatic heterocycles. The van der Waals surface area contributed by atoms with E-state index < -0.39 is 5.54 Å². The van der Waals surface area contributed by atoms with E-state index in [1.54, 1.807) is 4.90 Å². The number of ether oxygens (including phenoxy) is 1. The molecule has 1 N–H and O–H groups in total. The van der Waals surface area contributed by atoms with Crippen molar-refractivity contribution in [1.82, 2.24) is 10.2 Å². The molecule has 2 saturated heterocycles. The molecule has 0 atom stereocenters. The van der Waals surface area contributed by atoms with Crippen LogP contribution in [0, 0.1) is 0 Å². The molecule has 0 saturated carbocycles. The maximum absolute atomic E-state index is 12.3. The average Bonchev–Trinajstić information content (AvgIpc) is 2.40. The molecule has 0 aromatic heterocycles. The fraction of sp³-hybridized carbons (Fsp3) is 0.846. The van der Waals surface area contributed by atoms with E-state index in [4.69, 9.17) is 4.74 Å². The number of likely N-dealkylation sites (tertiary alicyclic amines) is 1. The molecule has 5 heteroatoms. The number of nitrogens with zero attached hydrogens (tertiary/aromatic N) is 1. The van der Waals surface area contributed by atoms with E-state index >= 15 is 0 Å². The molecular formula is C13H22N2O3. The first-order chi connectivity index (χ1) is 8.70. The molecule has 2 fully saturated rings. The van der Waals surface area contributed by atoms with E-state index in [0.29, 0.717) is 32.4 Å². The molecule has 1 amide bonds. The Morgan fingerprint density at radius 1 is 1.39 bits per heavy atom. The highest BCUT2D eigenvalue weighted by Crippen LogP contribution is 2.31. The zero-order valence-corrected chi connectivity index (χ0v) is 11.0. The van der Waals surface area contributed by atoms with Crippen LogP contribution in [0.4, 0.5) is 0 Å². The number of nitrogens with one attached hydrogen (secondary N) is 1. The fourth-order valence-corrected chi connectivity index (χ4v) is 2.95. The second-order valence-corrected chi connectivity index (χ2v) is 5.00. The van der Waals surface area contributed by atoms with Gasteiger partial charge in [0.1, 0.15) is 5.54 Å². The van der Waals surface area contributed by atoms with E-state index in [1.165, 1.54) is 0 Å². The number of carbonyl (C=O) groups excluding carboxylic acids is 2. The van der Waals surface area contributed by atoms with Gasteiger partial charge in [0.2, 0.25) is 5.91 Å². The quantitative estimate of drug-likeness (QED) is 0.753. The van der Waals surface area contributed by atoms with Gasteiger partial charge in [0, 0.05) is 13.0 Å². The Morgan fingerprint density at radius 2 is 2.11 bits per heavy atom. The van der Waals surface area contributed by atoms with Crippen LogP contribution in [0.15, 0.2) is 0 Å². The molecule has 102 valence electrons. The van der Waals surface area contributed by atoms with Crippen molar-refractivity contribution >= 4 is 11.9 Å². The summed E-state index contributed by atoms with van der Waals surface area (Å²) in [7, 11) is 0. The molecule has 0 spiro atoms. The van der Waals surface area contributed by atoms with Crippen molar-refractivity contribution < 1.29 is 14.3 Å². The number of carbonyl (C=O) groups is 2. The average molecular weight is 254 g/mol. The summed E-state index contributed by atoms with van der Waals surface area (Å²) in [4.78, 5) is 26.2. The van der Waals surface area contributed by atoms with Gasteiger partial charge in [0.05, 0.1) is 6.61 Å². The lowest BCUT2D eigenvalue weighted by Gasteiger charge is -2.45. The van der Waals surface area contributed by atoms with Crippen LogP contribution in [-0.2, 0) is 14.3 Å². The molecule has 0 bridgehead atoms. The van der Waals surface area contributed by atoms with Crippen molar-refractivity contribution in [2.75, 3.05) is 26.2 Å². The summed E-state index contributed by atoms with van der Waals surface area (Å²) < 4.78 is 5.23. The number of hydrogen-bond donors (Lipinski definition) is 1. The summed E-state index contributed by atoms with van der Waals surface area (Å²) in [6.07, 6.45) is 3.82. The second-order valence-electron chi connectivity index (χ2n) is 5.00. The highest BCUT2D eigenvalue weighted by atomic mass is 16.5. The Bertz CT molecular complexity index is 324. The van der Waals surface area contributed by atoms with Crippen LogP contribution in [-0.4, -0.2) is 48.6 Å². The van der Waals surface area contributed by atoms with Crippen molar-refractivity contribution in [2.45, 2.75) is 44.6 Å². The minimum atomic E-state index is -0.710. The summed E-state index contributed by atoms with van der Waals surface area (Å²) in [6.45, 7) is 4.41. The minimum Gasteiger partial charge on any atom is -0.464 e. The van der Waals surface area contributed by atoms with Crippen molar-refractivity contribution in [2.24, 2.45) is 0 Å². The van der Waals surface area contributed by atoms with Gasteiger partial charge in [0.25, 0.3) is 0 Å². The summed E-state index contributed by atoms with van der Waals surface area (Å²) >= 11 is 0. The van der Waals surface area contributed by atoms with Crippen LogP contribution in [0.1, 0.15) is 39.0 Å². The molecule has 0 radical (unpaired) electrons. The molecule has 18 heavy (non-hydrogen) atoms. The van der Waals surface area contributed by atoms with Gasteiger partial charge in [-0.3, -0.25) is 4.79 Å². The smallest absolute Gasteiger partial charge is 0.332 e. The van der Waals surface area contributed by atoms with E-state index in [-0.39, 0.29) is 11.9 Å². The Hall–Kier alpha value is -1.10. The van der Waals surface area contributed by atoms with Gasteiger partial charge in [-0.25, -0.2) is 4.79 Å². The van der Waals surface area contributed by atoms with Crippen molar-refractivity contribution in [3.05, 3.63) is 0 Å². The molecule has 0 unspecified atom stereocenters. The first-order valence-corrected chi connectivity index (χ1v) is 6.89. The van der Waals surface area contributed by atoms with Gasteiger partial charge in [0.15, 0.2) is 0 Å². The third-order valence-electron chi connectivity index (χ3n) is 3.93. The Labute approximate surface area is 108 Å². The maximum atomic E-state index is 12.3. The summed E-state index contributed by atoms with van der Waals surface area (Å²) in [6, 6.07) is 0. The Kier molecular flexibility index (Phi) is 4.22. The molecule has 0 aromatic rings. The van der Waals surface area contributed by atoms with Crippen molar-refractivity contribution in [1.29, 1.82) is 0 Å². The molecule has 2 aliphatic rings. The van der Waals surface area contributed by atoms with Gasteiger partial charge in [-0.2, -0.15) is 0 Å². The summed E-state index contributed by atoms with van der Waals surface area (Å²) in [5, 5.41) is 3.24. The van der Waals surface area contributed by atoms with Crippen molar-refractivity contribution in [3.8, 4) is 0 Å². The van der Waals surface area contributed by atoms with Gasteiger partial charge in [-0.15, -0.1) is 0 Å². The standard InChI is InChI=1S/C13H22N2O3/c1-2-18-12(17)13(6-8-14-9-7-13)15-10-4-3-5-11(15)16/h14H,2-10H2,1H3. The van der Waals surface area contributed by atoms with E-state index in [0.717, 1.165) is 25.9 Å². The van der Waals surface area contributed by atoms with Crippen LogP contribution in [0.3, 0.4) is 0 Å². The van der Waals surface area contributed by atoms with Crippen LogP contribution in [0.5, 0.6) is 0 Å². The summed E-state index contributed by atoms with van der Waals surface area (Å²) in [5.41, 5.74) is -0.710. The second kappa shape index (κ2) is 5.69. The number of rotatable bonds is 3. The number of esters is 1. The Morgan fingerprint density at radius 3 is 2.72 bits per heavy atom. The third-order valence-corrected chi connectivity index (χ3v) is 3.93. The molecular weight excluding hydrogens is 232 g/mol. The Balaban J connectivity index is 2.22. The highest BCUT2D eigenvalue weighted by molar-refractivity contribution is 5.88. The third kappa shape index (κ3) is 2.36. The lowest BCUT2D eigenvalue weighted by molar-refractivity contribution is -0.168. The maximum Gasteiger partial charge on any atom is 0.332 e. The molecule has 0 aliphatic carbocycles. The monoisotopic (exact) mass is 254 g/mol. The van der Waals surface area contributed by atoms with E-state index in [2.05, 4.69) is 5.32 Å². The highest BCUT2D eigenvalue weighted by Gasteiger charge is 2.48. The van der Waals surface area contributed by atoms with Crippen LogP contribution in [0.25, 0.3) is 0 Å². The molecule has 2 rings (SSSR count). The van der Waals surface area contributed by atoms with Gasteiger partial charge in [-0.1, -0.05) is 0 Å². The predicted octanol–water partition coefficient (Wildman–Crippen LogP) is 0.684. The number of hydrogen-bond acceptors (Lipinski definition) is 4. The zero-order valence-electron chi connectivity index (χ0n) is 11.0. The van der Waals surface area contributed by atoms with Gasteiger partial charge < -0.3 is 15.0 Å². The topological polar surface area (TPSA) is 58.6 Å². The molecule has 5 nitrogen and oxygen atoms in total. The number of piperidine rings is 2. The first kappa shape index (κ1) is 13.3.